The average molecular weight is 384 g/mol. The fraction of sp³-hybridized carbons (Fsp3) is 0.312. The van der Waals surface area contributed by atoms with Crippen LogP contribution in [0.3, 0.4) is 0 Å². The molecule has 7 nitrogen and oxygen atoms in total. The zero-order valence-corrected chi connectivity index (χ0v) is 15.5. The molecule has 1 aromatic heterocycles. The first-order chi connectivity index (χ1) is 11.4. The van der Waals surface area contributed by atoms with Crippen molar-refractivity contribution in [1.82, 2.24) is 9.99 Å². The van der Waals surface area contributed by atoms with Crippen LogP contribution in [0.1, 0.15) is 23.7 Å². The van der Waals surface area contributed by atoms with E-state index in [2.05, 4.69) is 22.4 Å². The molecule has 0 spiro atoms. The maximum Gasteiger partial charge on any atom is 0.328 e. The van der Waals surface area contributed by atoms with Gasteiger partial charge >= 0.3 is 6.03 Å². The molecule has 2 aromatic rings. The van der Waals surface area contributed by atoms with Gasteiger partial charge in [0.05, 0.1) is 5.69 Å². The number of amides is 3. The molecule has 136 valence electrons. The molecular weight excluding hydrogens is 362 g/mol. The number of aryl methyl sites for hydroxylation is 2. The van der Waals surface area contributed by atoms with Gasteiger partial charge in [0.2, 0.25) is 5.91 Å². The number of nitrogens with two attached hydrogens (primary N) is 2. The predicted molar refractivity (Wildman–Crippen MR) is 102 cm³/mol. The zero-order chi connectivity index (χ0) is 17.5. The summed E-state index contributed by atoms with van der Waals surface area (Å²) in [6.45, 7) is 1.85. The van der Waals surface area contributed by atoms with Crippen molar-refractivity contribution in [2.24, 2.45) is 11.6 Å². The molecule has 5 N–H and O–H groups in total. The summed E-state index contributed by atoms with van der Waals surface area (Å²) in [6.07, 6.45) is 2.29. The van der Waals surface area contributed by atoms with Gasteiger partial charge in [-0.25, -0.2) is 15.6 Å². The number of urea groups is 1. The van der Waals surface area contributed by atoms with Gasteiger partial charge in [-0.3, -0.25) is 9.80 Å². The Morgan fingerprint density at radius 2 is 1.92 bits per heavy atom. The van der Waals surface area contributed by atoms with Gasteiger partial charge in [-0.2, -0.15) is 0 Å². The first-order valence-electron chi connectivity index (χ1n) is 7.55. The molecule has 1 heterocycles. The summed E-state index contributed by atoms with van der Waals surface area (Å²) in [5, 5.41) is 6.27. The highest BCUT2D eigenvalue weighted by Crippen LogP contribution is 2.17. The topological polar surface area (TPSA) is 114 Å². The quantitative estimate of drug-likeness (QED) is 0.386. The average Bonchev–Trinajstić information content (AvgIpc) is 2.97. The Bertz CT molecular complexity index is 722. The highest BCUT2D eigenvalue weighted by molar-refractivity contribution is 7.13. The van der Waals surface area contributed by atoms with Crippen LogP contribution in [-0.2, 0) is 24.1 Å². The summed E-state index contributed by atoms with van der Waals surface area (Å²) in [7, 11) is 0. The summed E-state index contributed by atoms with van der Waals surface area (Å²) in [5.41, 5.74) is 8.34. The minimum atomic E-state index is -0.635. The van der Waals surface area contributed by atoms with Gasteiger partial charge in [0.15, 0.2) is 5.13 Å². The molecule has 0 saturated carbocycles. The summed E-state index contributed by atoms with van der Waals surface area (Å²) >= 11 is 1.42. The molecule has 0 atom stereocenters. The lowest BCUT2D eigenvalue weighted by atomic mass is 10.0. The van der Waals surface area contributed by atoms with Crippen molar-refractivity contribution in [3.8, 4) is 0 Å². The van der Waals surface area contributed by atoms with Gasteiger partial charge < -0.3 is 11.1 Å². The number of nitrogens with one attached hydrogen (secondary N) is 1. The van der Waals surface area contributed by atoms with E-state index in [0.29, 0.717) is 18.1 Å². The number of carbonyl (C=O) groups is 2. The Kier molecular flexibility index (Phi) is 8.33. The first-order valence-corrected chi connectivity index (χ1v) is 8.43. The molecule has 0 bridgehead atoms. The van der Waals surface area contributed by atoms with Crippen molar-refractivity contribution in [2.75, 3.05) is 11.9 Å². The molecule has 25 heavy (non-hydrogen) atoms. The van der Waals surface area contributed by atoms with Crippen molar-refractivity contribution in [1.29, 1.82) is 0 Å². The lowest BCUT2D eigenvalue weighted by Crippen LogP contribution is -2.42. The number of halogens is 1. The van der Waals surface area contributed by atoms with Crippen LogP contribution in [0, 0.1) is 0 Å². The van der Waals surface area contributed by atoms with Crippen molar-refractivity contribution >= 4 is 40.8 Å². The molecule has 0 aliphatic heterocycles. The van der Waals surface area contributed by atoms with Crippen LogP contribution in [0.5, 0.6) is 0 Å². The Balaban J connectivity index is 0.00000312. The number of rotatable bonds is 7. The summed E-state index contributed by atoms with van der Waals surface area (Å²) in [4.78, 5) is 26.3. The molecule has 0 unspecified atom stereocenters. The van der Waals surface area contributed by atoms with Crippen LogP contribution < -0.4 is 16.9 Å². The monoisotopic (exact) mass is 383 g/mol. The third-order valence-electron chi connectivity index (χ3n) is 3.42. The summed E-state index contributed by atoms with van der Waals surface area (Å²) < 4.78 is 0. The molecule has 2 rings (SSSR count). The number of thiazole rings is 1. The minimum absolute atomic E-state index is 0. The molecule has 0 radical (unpaired) electrons. The molecular formula is C16H22ClN5O2S. The van der Waals surface area contributed by atoms with E-state index < -0.39 is 6.03 Å². The summed E-state index contributed by atoms with van der Waals surface area (Å²) in [6, 6.07) is 7.49. The maximum absolute atomic E-state index is 11.0. The zero-order valence-electron chi connectivity index (χ0n) is 13.9. The van der Waals surface area contributed by atoms with Crippen LogP contribution in [-0.4, -0.2) is 28.5 Å². The number of anilines is 1. The second-order valence-electron chi connectivity index (χ2n) is 5.43. The number of carbonyl (C=O) groups excluding carboxylic acids is 2. The van der Waals surface area contributed by atoms with Gasteiger partial charge in [-0.05, 0) is 30.4 Å². The first kappa shape index (κ1) is 20.9. The SMILES string of the molecule is CC(=O)Nc1nc(CCc2cccc(CCN(N)C(N)=O)c2)cs1.Cl. The van der Waals surface area contributed by atoms with Gasteiger partial charge in [0.1, 0.15) is 0 Å². The maximum atomic E-state index is 11.0. The van der Waals surface area contributed by atoms with Crippen molar-refractivity contribution in [3.63, 3.8) is 0 Å². The molecule has 3 amide bonds. The molecule has 0 aliphatic carbocycles. The summed E-state index contributed by atoms with van der Waals surface area (Å²) in [5.74, 6) is 5.38. The fourth-order valence-electron chi connectivity index (χ4n) is 2.20. The number of benzene rings is 1. The van der Waals surface area contributed by atoms with E-state index in [-0.39, 0.29) is 18.3 Å². The van der Waals surface area contributed by atoms with Crippen LogP contribution in [0.25, 0.3) is 0 Å². The number of aromatic nitrogens is 1. The van der Waals surface area contributed by atoms with Crippen molar-refractivity contribution in [3.05, 3.63) is 46.5 Å². The molecule has 9 heteroatoms. The third-order valence-corrected chi connectivity index (χ3v) is 4.23. The number of hydrogen-bond acceptors (Lipinski definition) is 5. The smallest absolute Gasteiger partial charge is 0.328 e. The van der Waals surface area contributed by atoms with E-state index in [1.807, 2.05) is 17.5 Å². The van der Waals surface area contributed by atoms with Crippen LogP contribution in [0.4, 0.5) is 9.93 Å². The van der Waals surface area contributed by atoms with Crippen LogP contribution >= 0.6 is 23.7 Å². The van der Waals surface area contributed by atoms with Crippen LogP contribution in [0.15, 0.2) is 29.6 Å². The van der Waals surface area contributed by atoms with E-state index in [4.69, 9.17) is 11.6 Å². The Morgan fingerprint density at radius 1 is 1.24 bits per heavy atom. The highest BCUT2D eigenvalue weighted by atomic mass is 35.5. The second-order valence-corrected chi connectivity index (χ2v) is 6.28. The van der Waals surface area contributed by atoms with Gasteiger partial charge in [-0.1, -0.05) is 24.3 Å². The highest BCUT2D eigenvalue weighted by Gasteiger charge is 2.06. The third kappa shape index (κ3) is 7.08. The second kappa shape index (κ2) is 9.97. The van der Waals surface area contributed by atoms with Crippen molar-refractivity contribution < 1.29 is 9.59 Å². The number of primary amides is 1. The standard InChI is InChI=1S/C16H21N5O2S.ClH/c1-11(22)19-16-20-14(10-24-16)6-5-12-3-2-4-13(9-12)7-8-21(18)15(17)23;/h2-4,9-10H,5-8,18H2,1H3,(H2,17,23)(H,19,20,22);1H. The van der Waals surface area contributed by atoms with E-state index >= 15 is 0 Å². The molecule has 0 fully saturated rings. The van der Waals surface area contributed by atoms with Gasteiger partial charge in [0, 0.05) is 18.8 Å². The Labute approximate surface area is 156 Å². The number of hydrazine groups is 1. The van der Waals surface area contributed by atoms with Crippen LogP contribution in [0.2, 0.25) is 0 Å². The van der Waals surface area contributed by atoms with E-state index in [9.17, 15) is 9.59 Å². The molecule has 1 aromatic carbocycles. The van der Waals surface area contributed by atoms with Crippen molar-refractivity contribution in [2.45, 2.75) is 26.2 Å². The largest absolute Gasteiger partial charge is 0.350 e. The molecule has 0 saturated heterocycles. The minimum Gasteiger partial charge on any atom is -0.350 e. The fourth-order valence-corrected chi connectivity index (χ4v) is 2.99. The number of hydrogen-bond donors (Lipinski definition) is 3. The predicted octanol–water partition coefficient (Wildman–Crippen LogP) is 2.11. The van der Waals surface area contributed by atoms with E-state index in [1.165, 1.54) is 23.8 Å². The number of nitrogens with zero attached hydrogens (tertiary/aromatic N) is 2. The van der Waals surface area contributed by atoms with Gasteiger partial charge in [0.25, 0.3) is 0 Å². The van der Waals surface area contributed by atoms with Gasteiger partial charge in [-0.15, -0.1) is 23.7 Å². The molecule has 0 aliphatic rings. The normalized spacial score (nSPS) is 10.0. The Hall–Kier alpha value is -2.16. The Morgan fingerprint density at radius 3 is 2.56 bits per heavy atom. The lowest BCUT2D eigenvalue weighted by molar-refractivity contribution is -0.114. The van der Waals surface area contributed by atoms with E-state index in [1.54, 1.807) is 0 Å². The van der Waals surface area contributed by atoms with E-state index in [0.717, 1.165) is 29.1 Å². The lowest BCUT2D eigenvalue weighted by Gasteiger charge is -2.13.